The molecule has 0 radical (unpaired) electrons. The highest BCUT2D eigenvalue weighted by molar-refractivity contribution is 7.55. The van der Waals surface area contributed by atoms with Crippen LogP contribution in [-0.4, -0.2) is 19.6 Å². The van der Waals surface area contributed by atoms with Crippen LogP contribution in [0.5, 0.6) is 11.5 Å². The molecule has 0 atom stereocenters. The monoisotopic (exact) mass is 412 g/mol. The Kier molecular flexibility index (Phi) is 6.09. The molecule has 3 rings (SSSR count). The summed E-state index contributed by atoms with van der Waals surface area (Å²) in [6.45, 7) is 4.35. The lowest BCUT2D eigenvalue weighted by atomic mass is 9.97. The number of rotatable bonds is 7. The van der Waals surface area contributed by atoms with Gasteiger partial charge >= 0.3 is 15.4 Å². The first-order chi connectivity index (χ1) is 12.8. The fraction of sp³-hybridized carbons (Fsp3) is 0.333. The fourth-order valence-corrected chi connectivity index (χ4v) is 5.48. The van der Waals surface area contributed by atoms with Crippen molar-refractivity contribution in [2.24, 2.45) is 5.41 Å². The van der Waals surface area contributed by atoms with E-state index < -0.39 is 21.8 Å². The highest BCUT2D eigenvalue weighted by Gasteiger charge is 2.41. The Morgan fingerprint density at radius 2 is 1.37 bits per heavy atom. The zero-order chi connectivity index (χ0) is 19.4. The van der Waals surface area contributed by atoms with Gasteiger partial charge < -0.3 is 18.1 Å². The molecule has 0 amide bonds. The third-order valence-corrected chi connectivity index (χ3v) is 6.61. The van der Waals surface area contributed by atoms with Gasteiger partial charge in [0.25, 0.3) is 0 Å². The Morgan fingerprint density at radius 1 is 0.926 bits per heavy atom. The lowest BCUT2D eigenvalue weighted by Crippen LogP contribution is -2.30. The van der Waals surface area contributed by atoms with Crippen LogP contribution in [-0.2, 0) is 22.7 Å². The Morgan fingerprint density at radius 3 is 1.81 bits per heavy atom. The Labute approximate surface area is 158 Å². The van der Waals surface area contributed by atoms with E-state index in [4.69, 9.17) is 22.6 Å². The molecule has 1 fully saturated rings. The fourth-order valence-electron chi connectivity index (χ4n) is 2.13. The van der Waals surface area contributed by atoms with Crippen LogP contribution in [0.4, 0.5) is 0 Å². The van der Waals surface area contributed by atoms with Crippen LogP contribution >= 0.6 is 15.4 Å². The second kappa shape index (κ2) is 8.17. The molecule has 0 aliphatic carbocycles. The predicted octanol–water partition coefficient (Wildman–Crippen LogP) is 5.49. The molecule has 0 saturated carbocycles. The molecule has 0 unspecified atom stereocenters. The molecule has 0 bridgehead atoms. The standard InChI is InChI=1S/C18H22O7P2/c1-18(2)13-21-26(19,22-14-18)15-23-27(20,24-16-9-5-3-6-10-16)25-17-11-7-4-8-12-17/h3-12H,13-15H2,1-2H3. The van der Waals surface area contributed by atoms with Gasteiger partial charge in [-0.2, -0.15) is 0 Å². The van der Waals surface area contributed by atoms with Crippen LogP contribution in [0, 0.1) is 5.41 Å². The molecule has 9 heteroatoms. The van der Waals surface area contributed by atoms with Crippen molar-refractivity contribution >= 4 is 15.4 Å². The van der Waals surface area contributed by atoms with Crippen LogP contribution < -0.4 is 9.05 Å². The molecule has 0 spiro atoms. The SMILES string of the molecule is CC1(C)COP(=O)(COP(=O)(Oc2ccccc2)Oc2ccccc2)OC1. The minimum Gasteiger partial charge on any atom is -0.395 e. The van der Waals surface area contributed by atoms with Crippen LogP contribution in [0.25, 0.3) is 0 Å². The van der Waals surface area contributed by atoms with Gasteiger partial charge in [-0.1, -0.05) is 50.2 Å². The second-order valence-electron chi connectivity index (χ2n) is 6.84. The third-order valence-electron chi connectivity index (χ3n) is 3.60. The molecule has 1 aliphatic rings. The maximum atomic E-state index is 13.2. The van der Waals surface area contributed by atoms with E-state index >= 15 is 0 Å². The first kappa shape index (κ1) is 20.1. The predicted molar refractivity (Wildman–Crippen MR) is 101 cm³/mol. The smallest absolute Gasteiger partial charge is 0.395 e. The first-order valence-electron chi connectivity index (χ1n) is 8.40. The van der Waals surface area contributed by atoms with E-state index in [0.717, 1.165) is 0 Å². The van der Waals surface area contributed by atoms with Crippen molar-refractivity contribution in [3.8, 4) is 11.5 Å². The molecule has 0 N–H and O–H groups in total. The minimum atomic E-state index is -4.14. The Balaban J connectivity index is 1.73. The molecule has 1 saturated heterocycles. The van der Waals surface area contributed by atoms with Gasteiger partial charge in [0.15, 0.2) is 6.35 Å². The number of hydrogen-bond acceptors (Lipinski definition) is 7. The van der Waals surface area contributed by atoms with Crippen LogP contribution in [0.1, 0.15) is 13.8 Å². The summed E-state index contributed by atoms with van der Waals surface area (Å²) in [4.78, 5) is 0. The molecule has 2 aromatic carbocycles. The molecule has 146 valence electrons. The van der Waals surface area contributed by atoms with E-state index in [-0.39, 0.29) is 18.6 Å². The number of phosphoric acid groups is 1. The van der Waals surface area contributed by atoms with Gasteiger partial charge in [0.05, 0.1) is 13.2 Å². The van der Waals surface area contributed by atoms with Crippen molar-refractivity contribution in [2.75, 3.05) is 19.6 Å². The summed E-state index contributed by atoms with van der Waals surface area (Å²) in [6.07, 6.45) is -0.542. The maximum Gasteiger partial charge on any atom is 0.588 e. The lowest BCUT2D eigenvalue weighted by Gasteiger charge is -2.34. The zero-order valence-electron chi connectivity index (χ0n) is 15.1. The molecule has 7 nitrogen and oxygen atoms in total. The van der Waals surface area contributed by atoms with Gasteiger partial charge in [-0.25, -0.2) is 4.57 Å². The van der Waals surface area contributed by atoms with Gasteiger partial charge in [-0.3, -0.25) is 9.09 Å². The van der Waals surface area contributed by atoms with E-state index in [2.05, 4.69) is 0 Å². The molecular weight excluding hydrogens is 390 g/mol. The Bertz CT molecular complexity index is 780. The topological polar surface area (TPSA) is 80.3 Å². The quantitative estimate of drug-likeness (QED) is 0.556. The van der Waals surface area contributed by atoms with Crippen molar-refractivity contribution < 1.29 is 31.7 Å². The highest BCUT2D eigenvalue weighted by atomic mass is 31.2. The molecule has 1 heterocycles. The summed E-state index contributed by atoms with van der Waals surface area (Å²) in [7, 11) is -7.69. The molecule has 0 aromatic heterocycles. The summed E-state index contributed by atoms with van der Waals surface area (Å²) >= 11 is 0. The van der Waals surface area contributed by atoms with Gasteiger partial charge in [-0.15, -0.1) is 0 Å². The van der Waals surface area contributed by atoms with Gasteiger partial charge in [0, 0.05) is 5.41 Å². The summed E-state index contributed by atoms with van der Waals surface area (Å²) in [5, 5.41) is 0. The van der Waals surface area contributed by atoms with Gasteiger partial charge in [0.1, 0.15) is 11.5 Å². The highest BCUT2D eigenvalue weighted by Crippen LogP contribution is 2.58. The second-order valence-corrected chi connectivity index (χ2v) is 10.4. The van der Waals surface area contributed by atoms with E-state index in [1.54, 1.807) is 60.7 Å². The Hall–Kier alpha value is -1.62. The van der Waals surface area contributed by atoms with Gasteiger partial charge in [0.2, 0.25) is 0 Å². The zero-order valence-corrected chi connectivity index (χ0v) is 16.9. The van der Waals surface area contributed by atoms with Crippen LogP contribution in [0.15, 0.2) is 60.7 Å². The van der Waals surface area contributed by atoms with Crippen molar-refractivity contribution in [1.29, 1.82) is 0 Å². The molecule has 2 aromatic rings. The minimum absolute atomic E-state index is 0.247. The van der Waals surface area contributed by atoms with Crippen molar-refractivity contribution in [3.63, 3.8) is 0 Å². The number of phosphoric ester groups is 1. The molecule has 27 heavy (non-hydrogen) atoms. The molecular formula is C18H22O7P2. The van der Waals surface area contributed by atoms with E-state index in [1.807, 2.05) is 13.8 Å². The van der Waals surface area contributed by atoms with E-state index in [9.17, 15) is 9.13 Å². The maximum absolute atomic E-state index is 13.2. The average Bonchev–Trinajstić information content (AvgIpc) is 2.65. The van der Waals surface area contributed by atoms with E-state index in [0.29, 0.717) is 11.5 Å². The van der Waals surface area contributed by atoms with Gasteiger partial charge in [-0.05, 0) is 24.3 Å². The van der Waals surface area contributed by atoms with Crippen LogP contribution in [0.3, 0.4) is 0 Å². The summed E-state index contributed by atoms with van der Waals surface area (Å²) in [5.74, 6) is 0.586. The largest absolute Gasteiger partial charge is 0.588 e. The van der Waals surface area contributed by atoms with Crippen molar-refractivity contribution in [1.82, 2.24) is 0 Å². The van der Waals surface area contributed by atoms with Crippen molar-refractivity contribution in [2.45, 2.75) is 13.8 Å². The third kappa shape index (κ3) is 5.93. The summed E-state index contributed by atoms with van der Waals surface area (Å²) in [5.41, 5.74) is -0.251. The normalized spacial score (nSPS) is 18.6. The average molecular weight is 412 g/mol. The van der Waals surface area contributed by atoms with Crippen molar-refractivity contribution in [3.05, 3.63) is 60.7 Å². The number of hydrogen-bond donors (Lipinski definition) is 0. The number of benzene rings is 2. The van der Waals surface area contributed by atoms with E-state index in [1.165, 1.54) is 0 Å². The summed E-state index contributed by atoms with van der Waals surface area (Å²) < 4.78 is 52.8. The number of para-hydroxylation sites is 2. The summed E-state index contributed by atoms with van der Waals surface area (Å²) in [6, 6.07) is 16.9. The first-order valence-corrected chi connectivity index (χ1v) is 11.6. The van der Waals surface area contributed by atoms with Crippen LogP contribution in [0.2, 0.25) is 0 Å². The lowest BCUT2D eigenvalue weighted by molar-refractivity contribution is 0.0340. The molecule has 1 aliphatic heterocycles.